The molecular weight excluding hydrogens is 359 g/mol. The lowest BCUT2D eigenvalue weighted by Crippen LogP contribution is -2.36. The van der Waals surface area contributed by atoms with Gasteiger partial charge in [0.1, 0.15) is 0 Å². The van der Waals surface area contributed by atoms with Crippen molar-refractivity contribution in [2.24, 2.45) is 0 Å². The van der Waals surface area contributed by atoms with E-state index in [0.717, 1.165) is 11.1 Å². The first kappa shape index (κ1) is 19.4. The second kappa shape index (κ2) is 9.03. The van der Waals surface area contributed by atoms with Crippen LogP contribution in [0.3, 0.4) is 0 Å². The minimum absolute atomic E-state index is 0.184. The summed E-state index contributed by atoms with van der Waals surface area (Å²) in [5, 5.41) is 7.17. The molecule has 0 spiro atoms. The lowest BCUT2D eigenvalue weighted by atomic mass is 10.2. The predicted octanol–water partition coefficient (Wildman–Crippen LogP) is 3.42. The van der Waals surface area contributed by atoms with Crippen molar-refractivity contribution in [1.82, 2.24) is 20.0 Å². The van der Waals surface area contributed by atoms with Crippen LogP contribution in [0.4, 0.5) is 9.18 Å². The van der Waals surface area contributed by atoms with Gasteiger partial charge in [0.15, 0.2) is 11.6 Å². The van der Waals surface area contributed by atoms with E-state index in [4.69, 9.17) is 4.74 Å². The Morgan fingerprint density at radius 2 is 1.96 bits per heavy atom. The van der Waals surface area contributed by atoms with E-state index < -0.39 is 5.82 Å². The van der Waals surface area contributed by atoms with Gasteiger partial charge in [0.2, 0.25) is 0 Å². The van der Waals surface area contributed by atoms with Crippen LogP contribution in [-0.2, 0) is 19.6 Å². The third kappa shape index (κ3) is 5.09. The molecule has 0 saturated carbocycles. The maximum Gasteiger partial charge on any atom is 0.317 e. The number of benzene rings is 2. The van der Waals surface area contributed by atoms with Gasteiger partial charge in [-0.05, 0) is 23.3 Å². The van der Waals surface area contributed by atoms with Crippen molar-refractivity contribution in [3.05, 3.63) is 83.4 Å². The van der Waals surface area contributed by atoms with Crippen LogP contribution in [0.2, 0.25) is 0 Å². The summed E-state index contributed by atoms with van der Waals surface area (Å²) in [4.78, 5) is 13.8. The fourth-order valence-corrected chi connectivity index (χ4v) is 2.82. The van der Waals surface area contributed by atoms with Gasteiger partial charge in [0.25, 0.3) is 0 Å². The minimum atomic E-state index is -0.445. The highest BCUT2D eigenvalue weighted by Gasteiger charge is 2.11. The molecule has 0 atom stereocenters. The largest absolute Gasteiger partial charge is 0.494 e. The van der Waals surface area contributed by atoms with Gasteiger partial charge < -0.3 is 15.0 Å². The maximum absolute atomic E-state index is 13.8. The molecule has 146 valence electrons. The Morgan fingerprint density at radius 3 is 2.68 bits per heavy atom. The van der Waals surface area contributed by atoms with Crippen LogP contribution in [0.25, 0.3) is 0 Å². The van der Waals surface area contributed by atoms with Crippen molar-refractivity contribution in [3.63, 3.8) is 0 Å². The smallest absolute Gasteiger partial charge is 0.317 e. The summed E-state index contributed by atoms with van der Waals surface area (Å²) in [5.41, 5.74) is 2.76. The molecule has 3 aromatic rings. The van der Waals surface area contributed by atoms with Crippen molar-refractivity contribution < 1.29 is 13.9 Å². The fourth-order valence-electron chi connectivity index (χ4n) is 2.82. The fraction of sp³-hybridized carbons (Fsp3) is 0.238. The van der Waals surface area contributed by atoms with Gasteiger partial charge in [-0.25, -0.2) is 9.18 Å². The van der Waals surface area contributed by atoms with Gasteiger partial charge >= 0.3 is 6.03 Å². The summed E-state index contributed by atoms with van der Waals surface area (Å²) in [5.74, 6) is -0.261. The van der Waals surface area contributed by atoms with E-state index in [1.807, 2.05) is 41.2 Å². The first-order chi connectivity index (χ1) is 13.5. The first-order valence-electron chi connectivity index (χ1n) is 8.92. The summed E-state index contributed by atoms with van der Waals surface area (Å²) >= 11 is 0. The number of halogens is 1. The standard InChI is InChI=1S/C21H23FN4O2/c1-25(13-17-8-9-20(28-2)19(22)10-17)21(27)23-11-18-12-24-26(15-18)14-16-6-4-3-5-7-16/h3-10,12,15H,11,13-14H2,1-2H3,(H,23,27). The van der Waals surface area contributed by atoms with Crippen LogP contribution in [0.1, 0.15) is 16.7 Å². The van der Waals surface area contributed by atoms with Crippen molar-refractivity contribution in [2.45, 2.75) is 19.6 Å². The molecule has 3 rings (SSSR count). The monoisotopic (exact) mass is 382 g/mol. The number of ether oxygens (including phenoxy) is 1. The van der Waals surface area contributed by atoms with Crippen molar-refractivity contribution in [1.29, 1.82) is 0 Å². The molecule has 2 aromatic carbocycles. The van der Waals surface area contributed by atoms with Gasteiger partial charge in [-0.3, -0.25) is 4.68 Å². The highest BCUT2D eigenvalue weighted by atomic mass is 19.1. The molecule has 1 aromatic heterocycles. The van der Waals surface area contributed by atoms with E-state index in [0.29, 0.717) is 25.2 Å². The molecule has 1 heterocycles. The van der Waals surface area contributed by atoms with E-state index in [1.165, 1.54) is 18.1 Å². The molecule has 0 aliphatic rings. The number of methoxy groups -OCH3 is 1. The number of carbonyl (C=O) groups excluding carboxylic acids is 1. The molecule has 0 saturated heterocycles. The molecule has 0 radical (unpaired) electrons. The molecule has 28 heavy (non-hydrogen) atoms. The summed E-state index contributed by atoms with van der Waals surface area (Å²) in [7, 11) is 3.08. The number of nitrogens with zero attached hydrogens (tertiary/aromatic N) is 3. The summed E-state index contributed by atoms with van der Waals surface area (Å²) < 4.78 is 20.5. The Hall–Kier alpha value is -3.35. The number of aromatic nitrogens is 2. The van der Waals surface area contributed by atoms with E-state index in [1.54, 1.807) is 25.4 Å². The second-order valence-corrected chi connectivity index (χ2v) is 6.52. The van der Waals surface area contributed by atoms with Gasteiger partial charge in [0.05, 0.1) is 19.9 Å². The Morgan fingerprint density at radius 1 is 1.18 bits per heavy atom. The lowest BCUT2D eigenvalue weighted by molar-refractivity contribution is 0.206. The Labute approximate surface area is 163 Å². The quantitative estimate of drug-likeness (QED) is 0.681. The van der Waals surface area contributed by atoms with Crippen LogP contribution in [0, 0.1) is 5.82 Å². The second-order valence-electron chi connectivity index (χ2n) is 6.52. The topological polar surface area (TPSA) is 59.4 Å². The van der Waals surface area contributed by atoms with E-state index in [2.05, 4.69) is 10.4 Å². The Kier molecular flexibility index (Phi) is 6.26. The Bertz CT molecular complexity index is 927. The van der Waals surface area contributed by atoms with Gasteiger partial charge in [-0.2, -0.15) is 5.10 Å². The average molecular weight is 382 g/mol. The molecule has 0 unspecified atom stereocenters. The average Bonchev–Trinajstić information content (AvgIpc) is 3.14. The highest BCUT2D eigenvalue weighted by Crippen LogP contribution is 2.18. The summed E-state index contributed by atoms with van der Waals surface area (Å²) in [6.07, 6.45) is 3.65. The zero-order chi connectivity index (χ0) is 19.9. The third-order valence-electron chi connectivity index (χ3n) is 4.30. The molecule has 0 aliphatic heterocycles. The van der Waals surface area contributed by atoms with Crippen LogP contribution in [0.15, 0.2) is 60.9 Å². The molecule has 0 aliphatic carbocycles. The molecule has 0 bridgehead atoms. The van der Waals surface area contributed by atoms with Crippen LogP contribution in [0.5, 0.6) is 5.75 Å². The zero-order valence-electron chi connectivity index (χ0n) is 15.9. The lowest BCUT2D eigenvalue weighted by Gasteiger charge is -2.18. The third-order valence-corrected chi connectivity index (χ3v) is 4.30. The van der Waals surface area contributed by atoms with E-state index >= 15 is 0 Å². The number of rotatable bonds is 7. The number of hydrogen-bond acceptors (Lipinski definition) is 3. The van der Waals surface area contributed by atoms with E-state index in [9.17, 15) is 9.18 Å². The van der Waals surface area contributed by atoms with Crippen LogP contribution >= 0.6 is 0 Å². The predicted molar refractivity (Wildman–Crippen MR) is 104 cm³/mol. The van der Waals surface area contributed by atoms with Gasteiger partial charge in [-0.15, -0.1) is 0 Å². The van der Waals surface area contributed by atoms with Crippen molar-refractivity contribution >= 4 is 6.03 Å². The minimum Gasteiger partial charge on any atom is -0.494 e. The SMILES string of the molecule is COc1ccc(CN(C)C(=O)NCc2cnn(Cc3ccccc3)c2)cc1F. The number of hydrogen-bond donors (Lipinski definition) is 1. The molecule has 0 fully saturated rings. The van der Waals surface area contributed by atoms with Crippen molar-refractivity contribution in [3.8, 4) is 5.75 Å². The van der Waals surface area contributed by atoms with Gasteiger partial charge in [-0.1, -0.05) is 36.4 Å². The zero-order valence-corrected chi connectivity index (χ0v) is 15.9. The molecule has 2 amide bonds. The van der Waals surface area contributed by atoms with E-state index in [-0.39, 0.29) is 11.8 Å². The molecule has 1 N–H and O–H groups in total. The number of amides is 2. The van der Waals surface area contributed by atoms with Gasteiger partial charge in [0, 0.05) is 31.9 Å². The van der Waals surface area contributed by atoms with Crippen molar-refractivity contribution in [2.75, 3.05) is 14.2 Å². The maximum atomic E-state index is 13.8. The normalized spacial score (nSPS) is 10.5. The molecular formula is C21H23FN4O2. The molecule has 7 heteroatoms. The van der Waals surface area contributed by atoms with Crippen LogP contribution < -0.4 is 10.1 Å². The molecule has 6 nitrogen and oxygen atoms in total. The number of urea groups is 1. The van der Waals surface area contributed by atoms with Crippen LogP contribution in [-0.4, -0.2) is 34.9 Å². The number of carbonyl (C=O) groups is 1. The summed E-state index contributed by atoms with van der Waals surface area (Å²) in [6.45, 7) is 1.34. The Balaban J connectivity index is 1.50. The highest BCUT2D eigenvalue weighted by molar-refractivity contribution is 5.73. The summed E-state index contributed by atoms with van der Waals surface area (Å²) in [6, 6.07) is 14.5. The first-order valence-corrected chi connectivity index (χ1v) is 8.92. The number of nitrogens with one attached hydrogen (secondary N) is 1.